The number of alkyl carbamates (subject to hydrolysis) is 1. The van der Waals surface area contributed by atoms with E-state index in [0.29, 0.717) is 16.5 Å². The smallest absolute Gasteiger partial charge is 0.419 e. The summed E-state index contributed by atoms with van der Waals surface area (Å²) in [5, 5.41) is 13.1. The molecule has 200 valence electrons. The Kier molecular flexibility index (Phi) is 6.87. The Morgan fingerprint density at radius 2 is 1.51 bits per heavy atom. The van der Waals surface area contributed by atoms with Gasteiger partial charge in [-0.2, -0.15) is 0 Å². The van der Waals surface area contributed by atoms with Gasteiger partial charge in [-0.05, 0) is 54.7 Å². The Balaban J connectivity index is 1.31. The van der Waals surface area contributed by atoms with E-state index in [1.807, 2.05) is 48.5 Å². The van der Waals surface area contributed by atoms with Crippen LogP contribution in [0.4, 0.5) is 9.59 Å². The SMILES string of the molecule is CC(C)(C)OC(=O)n1cc(CC(NC(=O)OCC2c3ccccc3-c3ccccc32)C(=O)O)c2ccccc21. The number of rotatable bonds is 6. The molecule has 39 heavy (non-hydrogen) atoms. The molecule has 5 rings (SSSR count). The second kappa shape index (κ2) is 10.3. The van der Waals surface area contributed by atoms with Crippen molar-refractivity contribution >= 4 is 29.1 Å². The van der Waals surface area contributed by atoms with Gasteiger partial charge in [0.2, 0.25) is 0 Å². The lowest BCUT2D eigenvalue weighted by Crippen LogP contribution is -2.42. The summed E-state index contributed by atoms with van der Waals surface area (Å²) in [5.74, 6) is -1.35. The molecule has 1 aromatic heterocycles. The van der Waals surface area contributed by atoms with Crippen LogP contribution in [0, 0.1) is 0 Å². The van der Waals surface area contributed by atoms with Gasteiger partial charge in [-0.3, -0.25) is 4.57 Å². The molecule has 0 saturated heterocycles. The molecule has 1 amide bonds. The van der Waals surface area contributed by atoms with Crippen LogP contribution in [0.2, 0.25) is 0 Å². The molecular formula is C31H30N2O6. The topological polar surface area (TPSA) is 107 Å². The molecule has 1 atom stereocenters. The summed E-state index contributed by atoms with van der Waals surface area (Å²) in [4.78, 5) is 37.7. The third-order valence-electron chi connectivity index (χ3n) is 6.74. The first-order valence-corrected chi connectivity index (χ1v) is 12.8. The fraction of sp³-hybridized carbons (Fsp3) is 0.258. The molecule has 1 heterocycles. The van der Waals surface area contributed by atoms with Gasteiger partial charge in [-0.15, -0.1) is 0 Å². The van der Waals surface area contributed by atoms with Gasteiger partial charge in [-0.25, -0.2) is 14.4 Å². The second-order valence-corrected chi connectivity index (χ2v) is 10.6. The van der Waals surface area contributed by atoms with Crippen molar-refractivity contribution in [1.82, 2.24) is 9.88 Å². The van der Waals surface area contributed by atoms with Gasteiger partial charge >= 0.3 is 18.2 Å². The molecule has 4 aromatic rings. The zero-order chi connectivity index (χ0) is 27.7. The number of benzene rings is 3. The Hall–Kier alpha value is -4.59. The van der Waals surface area contributed by atoms with Crippen molar-refractivity contribution in [2.24, 2.45) is 0 Å². The number of aliphatic carboxylic acids is 1. The lowest BCUT2D eigenvalue weighted by molar-refractivity contribution is -0.139. The standard InChI is InChI=1S/C31H30N2O6/c1-31(2,3)39-30(37)33-17-19(20-10-8-9-15-27(20)33)16-26(28(34)35)32-29(36)38-18-25-23-13-6-4-11-21(23)22-12-5-7-14-24(22)25/h4-15,17,25-26H,16,18H2,1-3H3,(H,32,36)(H,34,35). The van der Waals surface area contributed by atoms with Crippen molar-refractivity contribution in [3.63, 3.8) is 0 Å². The molecule has 8 nitrogen and oxygen atoms in total. The van der Waals surface area contributed by atoms with Gasteiger partial charge < -0.3 is 19.9 Å². The number of carboxylic acids is 1. The van der Waals surface area contributed by atoms with E-state index in [4.69, 9.17) is 9.47 Å². The number of nitrogens with zero attached hydrogens (tertiary/aromatic N) is 1. The van der Waals surface area contributed by atoms with E-state index in [-0.39, 0.29) is 18.9 Å². The number of para-hydroxylation sites is 1. The van der Waals surface area contributed by atoms with Crippen LogP contribution in [0.1, 0.15) is 43.4 Å². The fourth-order valence-electron chi connectivity index (χ4n) is 5.08. The van der Waals surface area contributed by atoms with Crippen LogP contribution in [0.5, 0.6) is 0 Å². The van der Waals surface area contributed by atoms with Crippen molar-refractivity contribution in [2.75, 3.05) is 6.61 Å². The minimum atomic E-state index is -1.27. The van der Waals surface area contributed by atoms with Crippen molar-refractivity contribution in [3.05, 3.63) is 95.7 Å². The van der Waals surface area contributed by atoms with Gasteiger partial charge in [0.1, 0.15) is 18.2 Å². The zero-order valence-electron chi connectivity index (χ0n) is 22.0. The van der Waals surface area contributed by atoms with Crippen LogP contribution in [0.15, 0.2) is 79.0 Å². The predicted octanol–water partition coefficient (Wildman–Crippen LogP) is 5.96. The summed E-state index contributed by atoms with van der Waals surface area (Å²) in [5.41, 5.74) is 4.82. The second-order valence-electron chi connectivity index (χ2n) is 10.6. The lowest BCUT2D eigenvalue weighted by atomic mass is 9.98. The third kappa shape index (κ3) is 5.36. The molecule has 0 fully saturated rings. The molecule has 1 unspecified atom stereocenters. The zero-order valence-corrected chi connectivity index (χ0v) is 22.0. The van der Waals surface area contributed by atoms with Crippen LogP contribution >= 0.6 is 0 Å². The number of carbonyl (C=O) groups excluding carboxylic acids is 2. The summed E-state index contributed by atoms with van der Waals surface area (Å²) in [7, 11) is 0. The predicted molar refractivity (Wildman–Crippen MR) is 147 cm³/mol. The maximum atomic E-state index is 12.8. The Labute approximate surface area is 226 Å². The van der Waals surface area contributed by atoms with Gasteiger partial charge in [-0.1, -0.05) is 66.7 Å². The van der Waals surface area contributed by atoms with E-state index >= 15 is 0 Å². The van der Waals surface area contributed by atoms with Crippen LogP contribution in [-0.4, -0.2) is 46.1 Å². The summed E-state index contributed by atoms with van der Waals surface area (Å²) in [6.45, 7) is 5.40. The molecule has 0 saturated carbocycles. The Morgan fingerprint density at radius 1 is 0.923 bits per heavy atom. The van der Waals surface area contributed by atoms with Gasteiger partial charge in [0.25, 0.3) is 0 Å². The third-order valence-corrected chi connectivity index (χ3v) is 6.74. The van der Waals surface area contributed by atoms with E-state index < -0.39 is 29.8 Å². The minimum Gasteiger partial charge on any atom is -0.480 e. The van der Waals surface area contributed by atoms with E-state index in [1.165, 1.54) is 4.57 Å². The van der Waals surface area contributed by atoms with Crippen molar-refractivity contribution in [2.45, 2.75) is 44.8 Å². The van der Waals surface area contributed by atoms with Crippen LogP contribution in [-0.2, 0) is 20.7 Å². The van der Waals surface area contributed by atoms with E-state index in [9.17, 15) is 19.5 Å². The molecular weight excluding hydrogens is 496 g/mol. The van der Waals surface area contributed by atoms with Crippen LogP contribution < -0.4 is 5.32 Å². The quantitative estimate of drug-likeness (QED) is 0.321. The molecule has 0 aliphatic heterocycles. The Morgan fingerprint density at radius 3 is 2.13 bits per heavy atom. The first-order chi connectivity index (χ1) is 18.6. The van der Waals surface area contributed by atoms with Crippen molar-refractivity contribution < 1.29 is 29.0 Å². The van der Waals surface area contributed by atoms with E-state index in [0.717, 1.165) is 22.3 Å². The molecule has 0 spiro atoms. The highest BCUT2D eigenvalue weighted by Gasteiger charge is 2.30. The van der Waals surface area contributed by atoms with Gasteiger partial charge in [0.05, 0.1) is 5.52 Å². The molecule has 0 bridgehead atoms. The number of carboxylic acid groups (broad SMARTS) is 1. The number of ether oxygens (including phenoxy) is 2. The first-order valence-electron chi connectivity index (χ1n) is 12.8. The van der Waals surface area contributed by atoms with Crippen molar-refractivity contribution in [1.29, 1.82) is 0 Å². The number of hydrogen-bond donors (Lipinski definition) is 2. The monoisotopic (exact) mass is 526 g/mol. The Bertz CT molecular complexity index is 1520. The van der Waals surface area contributed by atoms with Crippen molar-refractivity contribution in [3.8, 4) is 11.1 Å². The molecule has 1 aliphatic rings. The van der Waals surface area contributed by atoms with E-state index in [1.54, 1.807) is 51.2 Å². The average molecular weight is 527 g/mol. The summed E-state index contributed by atoms with van der Waals surface area (Å²) < 4.78 is 12.4. The number of hydrogen-bond acceptors (Lipinski definition) is 5. The largest absolute Gasteiger partial charge is 0.480 e. The number of amides is 1. The van der Waals surface area contributed by atoms with Crippen LogP contribution in [0.25, 0.3) is 22.0 Å². The molecule has 3 aromatic carbocycles. The molecule has 8 heteroatoms. The summed E-state index contributed by atoms with van der Waals surface area (Å²) in [6, 6.07) is 21.9. The van der Waals surface area contributed by atoms with Crippen LogP contribution in [0.3, 0.4) is 0 Å². The highest BCUT2D eigenvalue weighted by atomic mass is 16.6. The summed E-state index contributed by atoms with van der Waals surface area (Å²) in [6.07, 6.45) is 0.130. The number of carbonyl (C=O) groups is 3. The highest BCUT2D eigenvalue weighted by molar-refractivity contribution is 5.92. The number of fused-ring (bicyclic) bond motifs is 4. The maximum Gasteiger partial charge on any atom is 0.419 e. The minimum absolute atomic E-state index is 0.0458. The van der Waals surface area contributed by atoms with Gasteiger partial charge in [0.15, 0.2) is 0 Å². The number of aromatic nitrogens is 1. The molecule has 2 N–H and O–H groups in total. The number of nitrogens with one attached hydrogen (secondary N) is 1. The molecule has 0 radical (unpaired) electrons. The normalized spacial score (nSPS) is 13.4. The first kappa shape index (κ1) is 26.0. The average Bonchev–Trinajstić information content (AvgIpc) is 3.42. The maximum absolute atomic E-state index is 12.8. The summed E-state index contributed by atoms with van der Waals surface area (Å²) >= 11 is 0. The fourth-order valence-corrected chi connectivity index (χ4v) is 5.08. The van der Waals surface area contributed by atoms with Gasteiger partial charge in [0, 0.05) is 23.9 Å². The van der Waals surface area contributed by atoms with E-state index in [2.05, 4.69) is 5.32 Å². The lowest BCUT2D eigenvalue weighted by Gasteiger charge is -2.19. The molecule has 1 aliphatic carbocycles. The highest BCUT2D eigenvalue weighted by Crippen LogP contribution is 2.44.